The molecule has 2 amide bonds. The van der Waals surface area contributed by atoms with Crippen molar-refractivity contribution in [2.75, 3.05) is 5.32 Å². The van der Waals surface area contributed by atoms with Gasteiger partial charge in [0.1, 0.15) is 6.04 Å². The summed E-state index contributed by atoms with van der Waals surface area (Å²) < 4.78 is 0. The summed E-state index contributed by atoms with van der Waals surface area (Å²) in [5, 5.41) is 14.1. The van der Waals surface area contributed by atoms with Crippen LogP contribution in [0.2, 0.25) is 0 Å². The SMILES string of the molecule is CC[C@H](NC(=O)Nc1ccccc1C(C)(C)C)C(=O)O. The third kappa shape index (κ3) is 4.26. The van der Waals surface area contributed by atoms with Gasteiger partial charge in [0.2, 0.25) is 0 Å². The van der Waals surface area contributed by atoms with E-state index >= 15 is 0 Å². The molecule has 0 radical (unpaired) electrons. The molecule has 5 heteroatoms. The van der Waals surface area contributed by atoms with Crippen molar-refractivity contribution < 1.29 is 14.7 Å². The molecule has 0 saturated heterocycles. The largest absolute Gasteiger partial charge is 0.480 e. The summed E-state index contributed by atoms with van der Waals surface area (Å²) in [6.45, 7) is 7.87. The second-order valence-corrected chi connectivity index (χ2v) is 5.69. The molecule has 3 N–H and O–H groups in total. The molecule has 0 aliphatic carbocycles. The van der Waals surface area contributed by atoms with Crippen molar-refractivity contribution in [1.82, 2.24) is 5.32 Å². The monoisotopic (exact) mass is 278 g/mol. The molecule has 0 aliphatic rings. The first-order chi connectivity index (χ1) is 9.25. The Balaban J connectivity index is 2.84. The molecule has 20 heavy (non-hydrogen) atoms. The number of urea groups is 1. The Morgan fingerprint density at radius 2 is 1.85 bits per heavy atom. The molecular weight excluding hydrogens is 256 g/mol. The van der Waals surface area contributed by atoms with Crippen LogP contribution in [0.3, 0.4) is 0 Å². The third-order valence-corrected chi connectivity index (χ3v) is 2.99. The number of para-hydroxylation sites is 1. The van der Waals surface area contributed by atoms with E-state index in [0.29, 0.717) is 12.1 Å². The Morgan fingerprint density at radius 1 is 1.25 bits per heavy atom. The zero-order valence-electron chi connectivity index (χ0n) is 12.4. The second-order valence-electron chi connectivity index (χ2n) is 5.69. The molecule has 5 nitrogen and oxygen atoms in total. The number of amides is 2. The van der Waals surface area contributed by atoms with Gasteiger partial charge in [0, 0.05) is 5.69 Å². The third-order valence-electron chi connectivity index (χ3n) is 2.99. The van der Waals surface area contributed by atoms with Crippen LogP contribution in [-0.2, 0) is 10.2 Å². The van der Waals surface area contributed by atoms with E-state index in [1.165, 1.54) is 0 Å². The maximum absolute atomic E-state index is 11.9. The fourth-order valence-corrected chi connectivity index (χ4v) is 1.90. The fraction of sp³-hybridized carbons (Fsp3) is 0.467. The van der Waals surface area contributed by atoms with Gasteiger partial charge < -0.3 is 15.7 Å². The lowest BCUT2D eigenvalue weighted by molar-refractivity contribution is -0.139. The molecule has 0 unspecified atom stereocenters. The van der Waals surface area contributed by atoms with Gasteiger partial charge in [-0.25, -0.2) is 9.59 Å². The van der Waals surface area contributed by atoms with Crippen molar-refractivity contribution in [3.8, 4) is 0 Å². The number of hydrogen-bond donors (Lipinski definition) is 3. The van der Waals surface area contributed by atoms with E-state index in [9.17, 15) is 9.59 Å². The van der Waals surface area contributed by atoms with Gasteiger partial charge in [0.25, 0.3) is 0 Å². The molecule has 0 spiro atoms. The Hall–Kier alpha value is -2.04. The van der Waals surface area contributed by atoms with Gasteiger partial charge in [0.15, 0.2) is 0 Å². The minimum absolute atomic E-state index is 0.110. The summed E-state index contributed by atoms with van der Waals surface area (Å²) in [6.07, 6.45) is 0.337. The number of carbonyl (C=O) groups is 2. The van der Waals surface area contributed by atoms with E-state index in [2.05, 4.69) is 31.4 Å². The van der Waals surface area contributed by atoms with Crippen LogP contribution < -0.4 is 10.6 Å². The maximum Gasteiger partial charge on any atom is 0.326 e. The van der Waals surface area contributed by atoms with Gasteiger partial charge in [0.05, 0.1) is 0 Å². The lowest BCUT2D eigenvalue weighted by Gasteiger charge is -2.23. The Morgan fingerprint density at radius 3 is 2.35 bits per heavy atom. The predicted molar refractivity (Wildman–Crippen MR) is 79.0 cm³/mol. The van der Waals surface area contributed by atoms with Crippen LogP contribution in [0.1, 0.15) is 39.7 Å². The minimum Gasteiger partial charge on any atom is -0.480 e. The van der Waals surface area contributed by atoms with Crippen LogP contribution in [0, 0.1) is 0 Å². The van der Waals surface area contributed by atoms with Gasteiger partial charge in [-0.15, -0.1) is 0 Å². The minimum atomic E-state index is -1.04. The zero-order valence-corrected chi connectivity index (χ0v) is 12.4. The van der Waals surface area contributed by atoms with Gasteiger partial charge in [-0.05, 0) is 23.5 Å². The van der Waals surface area contributed by atoms with Crippen LogP contribution in [0.5, 0.6) is 0 Å². The highest BCUT2D eigenvalue weighted by Gasteiger charge is 2.21. The number of aliphatic carboxylic acids is 1. The highest BCUT2D eigenvalue weighted by atomic mass is 16.4. The number of nitrogens with one attached hydrogen (secondary N) is 2. The lowest BCUT2D eigenvalue weighted by atomic mass is 9.86. The molecular formula is C15H22N2O3. The Bertz CT molecular complexity index is 492. The van der Waals surface area contributed by atoms with Crippen molar-refractivity contribution in [2.24, 2.45) is 0 Å². The topological polar surface area (TPSA) is 78.4 Å². The molecule has 1 atom stereocenters. The molecule has 0 fully saturated rings. The smallest absolute Gasteiger partial charge is 0.326 e. The van der Waals surface area contributed by atoms with Gasteiger partial charge in [-0.3, -0.25) is 0 Å². The van der Waals surface area contributed by atoms with E-state index < -0.39 is 18.0 Å². The van der Waals surface area contributed by atoms with Crippen molar-refractivity contribution >= 4 is 17.7 Å². The molecule has 0 aliphatic heterocycles. The van der Waals surface area contributed by atoms with Crippen LogP contribution in [0.15, 0.2) is 24.3 Å². The van der Waals surface area contributed by atoms with Gasteiger partial charge >= 0.3 is 12.0 Å². The fourth-order valence-electron chi connectivity index (χ4n) is 1.90. The summed E-state index contributed by atoms with van der Waals surface area (Å²) in [5.74, 6) is -1.04. The first-order valence-corrected chi connectivity index (χ1v) is 6.65. The molecule has 0 heterocycles. The van der Waals surface area contributed by atoms with Gasteiger partial charge in [-0.2, -0.15) is 0 Å². The lowest BCUT2D eigenvalue weighted by Crippen LogP contribution is -2.42. The van der Waals surface area contributed by atoms with E-state index in [1.807, 2.05) is 24.3 Å². The van der Waals surface area contributed by atoms with Crippen molar-refractivity contribution in [3.63, 3.8) is 0 Å². The van der Waals surface area contributed by atoms with E-state index in [1.54, 1.807) is 6.92 Å². The normalized spacial score (nSPS) is 12.6. The molecule has 0 bridgehead atoms. The summed E-state index contributed by atoms with van der Waals surface area (Å²) in [6, 6.07) is 6.12. The highest BCUT2D eigenvalue weighted by Crippen LogP contribution is 2.29. The molecule has 1 aromatic rings. The Kier molecular flexibility index (Phi) is 5.13. The molecule has 110 valence electrons. The Labute approximate surface area is 119 Å². The number of benzene rings is 1. The van der Waals surface area contributed by atoms with Crippen LogP contribution in [0.4, 0.5) is 10.5 Å². The first kappa shape index (κ1) is 16.0. The van der Waals surface area contributed by atoms with Gasteiger partial charge in [-0.1, -0.05) is 45.9 Å². The predicted octanol–water partition coefficient (Wildman–Crippen LogP) is 2.97. The summed E-state index contributed by atoms with van der Waals surface area (Å²) in [4.78, 5) is 22.8. The number of anilines is 1. The number of carboxylic acids is 1. The van der Waals surface area contributed by atoms with E-state index in [4.69, 9.17) is 5.11 Å². The molecule has 0 aromatic heterocycles. The summed E-state index contributed by atoms with van der Waals surface area (Å²) in [5.41, 5.74) is 1.58. The zero-order chi connectivity index (χ0) is 15.3. The number of carbonyl (C=O) groups excluding carboxylic acids is 1. The first-order valence-electron chi connectivity index (χ1n) is 6.65. The molecule has 1 aromatic carbocycles. The highest BCUT2D eigenvalue weighted by molar-refractivity contribution is 5.93. The van der Waals surface area contributed by atoms with Crippen LogP contribution >= 0.6 is 0 Å². The number of carboxylic acid groups (broad SMARTS) is 1. The van der Waals surface area contributed by atoms with E-state index in [0.717, 1.165) is 5.56 Å². The van der Waals surface area contributed by atoms with Crippen molar-refractivity contribution in [3.05, 3.63) is 29.8 Å². The second kappa shape index (κ2) is 6.41. The quantitative estimate of drug-likeness (QED) is 0.792. The van der Waals surface area contributed by atoms with Crippen LogP contribution in [0.25, 0.3) is 0 Å². The standard InChI is InChI=1S/C15H22N2O3/c1-5-11(13(18)19)16-14(20)17-12-9-7-6-8-10(12)15(2,3)4/h6-9,11H,5H2,1-4H3,(H,18,19)(H2,16,17,20)/t11-/m0/s1. The average Bonchev–Trinajstić information content (AvgIpc) is 2.35. The average molecular weight is 278 g/mol. The number of hydrogen-bond acceptors (Lipinski definition) is 2. The van der Waals surface area contributed by atoms with Crippen molar-refractivity contribution in [2.45, 2.75) is 45.6 Å². The molecule has 0 saturated carbocycles. The molecule has 1 rings (SSSR count). The van der Waals surface area contributed by atoms with Crippen LogP contribution in [-0.4, -0.2) is 23.1 Å². The van der Waals surface area contributed by atoms with E-state index in [-0.39, 0.29) is 5.41 Å². The summed E-state index contributed by atoms with van der Waals surface area (Å²) in [7, 11) is 0. The maximum atomic E-state index is 11.9. The van der Waals surface area contributed by atoms with Crippen molar-refractivity contribution in [1.29, 1.82) is 0 Å². The number of rotatable bonds is 4. The summed E-state index contributed by atoms with van der Waals surface area (Å²) >= 11 is 0.